The number of thiazole rings is 1. The Hall–Kier alpha value is -0.550. The van der Waals surface area contributed by atoms with Crippen molar-refractivity contribution in [1.82, 2.24) is 4.98 Å². The highest BCUT2D eigenvalue weighted by Crippen LogP contribution is 2.24. The lowest BCUT2D eigenvalue weighted by molar-refractivity contribution is -0.140. The van der Waals surface area contributed by atoms with Gasteiger partial charge in [0, 0.05) is 11.1 Å². The summed E-state index contributed by atoms with van der Waals surface area (Å²) in [6.45, 7) is 3.77. The molecule has 1 atom stereocenters. The standard InChI is InChI=1S/C9H13NO2S2/c1-3-7-5-14-9(10-7)13-4-6(2)8(11)12/h5-6H,3-4H2,1-2H3,(H,11,12). The van der Waals surface area contributed by atoms with Crippen LogP contribution in [0, 0.1) is 5.92 Å². The van der Waals surface area contributed by atoms with E-state index in [1.54, 1.807) is 18.3 Å². The Morgan fingerprint density at radius 1 is 1.79 bits per heavy atom. The van der Waals surface area contributed by atoms with Gasteiger partial charge < -0.3 is 5.11 Å². The van der Waals surface area contributed by atoms with Crippen molar-refractivity contribution in [2.75, 3.05) is 5.75 Å². The summed E-state index contributed by atoms with van der Waals surface area (Å²) in [6, 6.07) is 0. The minimum atomic E-state index is -0.746. The minimum absolute atomic E-state index is 0.311. The molecule has 1 heterocycles. The van der Waals surface area contributed by atoms with E-state index < -0.39 is 5.97 Å². The maximum Gasteiger partial charge on any atom is 0.307 e. The van der Waals surface area contributed by atoms with Gasteiger partial charge in [-0.05, 0) is 6.42 Å². The number of carboxylic acids is 1. The van der Waals surface area contributed by atoms with Crippen LogP contribution in [0.3, 0.4) is 0 Å². The zero-order valence-corrected chi connectivity index (χ0v) is 9.82. The summed E-state index contributed by atoms with van der Waals surface area (Å²) in [5.74, 6) is -0.467. The molecule has 0 aromatic carbocycles. The molecule has 0 radical (unpaired) electrons. The maximum absolute atomic E-state index is 10.6. The van der Waals surface area contributed by atoms with Gasteiger partial charge in [0.05, 0.1) is 11.6 Å². The van der Waals surface area contributed by atoms with E-state index >= 15 is 0 Å². The molecular weight excluding hydrogens is 218 g/mol. The Balaban J connectivity index is 2.41. The first-order chi connectivity index (χ1) is 6.63. The second kappa shape index (κ2) is 5.36. The van der Waals surface area contributed by atoms with Gasteiger partial charge in [-0.1, -0.05) is 25.6 Å². The number of hydrogen-bond donors (Lipinski definition) is 1. The number of hydrogen-bond acceptors (Lipinski definition) is 4. The van der Waals surface area contributed by atoms with Gasteiger partial charge in [0.15, 0.2) is 0 Å². The molecule has 0 spiro atoms. The third-order valence-corrected chi connectivity index (χ3v) is 4.10. The van der Waals surface area contributed by atoms with Crippen LogP contribution < -0.4 is 0 Å². The fourth-order valence-corrected chi connectivity index (χ4v) is 2.75. The Kier molecular flexibility index (Phi) is 4.41. The van der Waals surface area contributed by atoms with E-state index in [0.29, 0.717) is 5.75 Å². The first-order valence-corrected chi connectivity index (χ1v) is 6.30. The zero-order chi connectivity index (χ0) is 10.6. The molecule has 0 aliphatic rings. The molecule has 3 nitrogen and oxygen atoms in total. The molecule has 0 bridgehead atoms. The molecule has 1 unspecified atom stereocenters. The predicted molar refractivity (Wildman–Crippen MR) is 59.0 cm³/mol. The van der Waals surface area contributed by atoms with Crippen LogP contribution in [0.4, 0.5) is 0 Å². The Labute approximate surface area is 91.6 Å². The first-order valence-electron chi connectivity index (χ1n) is 4.43. The molecule has 1 aromatic rings. The highest BCUT2D eigenvalue weighted by atomic mass is 32.2. The molecule has 5 heteroatoms. The molecule has 14 heavy (non-hydrogen) atoms. The summed E-state index contributed by atoms with van der Waals surface area (Å²) in [5, 5.41) is 10.7. The fourth-order valence-electron chi connectivity index (χ4n) is 0.785. The summed E-state index contributed by atoms with van der Waals surface area (Å²) in [5.41, 5.74) is 1.08. The number of carbonyl (C=O) groups is 1. The first kappa shape index (κ1) is 11.5. The molecule has 0 saturated carbocycles. The number of carboxylic acid groups (broad SMARTS) is 1. The van der Waals surface area contributed by atoms with Crippen molar-refractivity contribution in [3.8, 4) is 0 Å². The molecule has 0 fully saturated rings. The van der Waals surface area contributed by atoms with Crippen molar-refractivity contribution >= 4 is 29.1 Å². The number of thioether (sulfide) groups is 1. The van der Waals surface area contributed by atoms with E-state index in [2.05, 4.69) is 11.9 Å². The number of aryl methyl sites for hydroxylation is 1. The molecule has 1 N–H and O–H groups in total. The van der Waals surface area contributed by atoms with Crippen molar-refractivity contribution in [3.05, 3.63) is 11.1 Å². The van der Waals surface area contributed by atoms with E-state index in [9.17, 15) is 4.79 Å². The average Bonchev–Trinajstić information content (AvgIpc) is 2.61. The van der Waals surface area contributed by atoms with Crippen LogP contribution in [0.1, 0.15) is 19.5 Å². The quantitative estimate of drug-likeness (QED) is 0.791. The van der Waals surface area contributed by atoms with Crippen LogP contribution in [-0.4, -0.2) is 21.8 Å². The van der Waals surface area contributed by atoms with E-state index in [1.165, 1.54) is 11.8 Å². The molecule has 0 saturated heterocycles. The molecule has 78 valence electrons. The average molecular weight is 231 g/mol. The molecular formula is C9H13NO2S2. The SMILES string of the molecule is CCc1csc(SCC(C)C(=O)O)n1. The van der Waals surface area contributed by atoms with Crippen molar-refractivity contribution in [1.29, 1.82) is 0 Å². The van der Waals surface area contributed by atoms with Crippen molar-refractivity contribution < 1.29 is 9.90 Å². The van der Waals surface area contributed by atoms with Gasteiger partial charge in [-0.15, -0.1) is 11.3 Å². The van der Waals surface area contributed by atoms with Crippen molar-refractivity contribution in [3.63, 3.8) is 0 Å². The van der Waals surface area contributed by atoms with Gasteiger partial charge >= 0.3 is 5.97 Å². The zero-order valence-electron chi connectivity index (χ0n) is 8.19. The highest BCUT2D eigenvalue weighted by molar-refractivity contribution is 8.01. The number of nitrogens with zero attached hydrogens (tertiary/aromatic N) is 1. The monoisotopic (exact) mass is 231 g/mol. The van der Waals surface area contributed by atoms with Gasteiger partial charge in [0.2, 0.25) is 0 Å². The lowest BCUT2D eigenvalue weighted by Gasteiger charge is -2.02. The maximum atomic E-state index is 10.6. The Bertz CT molecular complexity index is 312. The molecule has 0 aliphatic carbocycles. The Morgan fingerprint density at radius 2 is 2.50 bits per heavy atom. The van der Waals surface area contributed by atoms with Crippen molar-refractivity contribution in [2.45, 2.75) is 24.6 Å². The van der Waals surface area contributed by atoms with Gasteiger partial charge in [0.1, 0.15) is 4.34 Å². The number of aliphatic carboxylic acids is 1. The molecule has 1 rings (SSSR count). The third kappa shape index (κ3) is 3.31. The molecule has 0 amide bonds. The normalized spacial score (nSPS) is 12.7. The third-order valence-electron chi connectivity index (χ3n) is 1.77. The summed E-state index contributed by atoms with van der Waals surface area (Å²) in [6.07, 6.45) is 0.936. The highest BCUT2D eigenvalue weighted by Gasteiger charge is 2.12. The van der Waals surface area contributed by atoms with E-state index in [4.69, 9.17) is 5.11 Å². The summed E-state index contributed by atoms with van der Waals surface area (Å²) >= 11 is 3.11. The largest absolute Gasteiger partial charge is 0.481 e. The summed E-state index contributed by atoms with van der Waals surface area (Å²) < 4.78 is 0.968. The summed E-state index contributed by atoms with van der Waals surface area (Å²) in [7, 11) is 0. The smallest absolute Gasteiger partial charge is 0.307 e. The lowest BCUT2D eigenvalue weighted by atomic mass is 10.2. The lowest BCUT2D eigenvalue weighted by Crippen LogP contribution is -2.11. The predicted octanol–water partition coefficient (Wildman–Crippen LogP) is 2.52. The van der Waals surface area contributed by atoms with Gasteiger partial charge in [0.25, 0.3) is 0 Å². The topological polar surface area (TPSA) is 50.2 Å². The van der Waals surface area contributed by atoms with Crippen LogP contribution in [0.15, 0.2) is 9.72 Å². The summed E-state index contributed by atoms with van der Waals surface area (Å²) in [4.78, 5) is 14.9. The van der Waals surface area contributed by atoms with E-state index in [1.807, 2.05) is 5.38 Å². The minimum Gasteiger partial charge on any atom is -0.481 e. The van der Waals surface area contributed by atoms with Crippen molar-refractivity contribution in [2.24, 2.45) is 5.92 Å². The molecule has 0 aliphatic heterocycles. The van der Waals surface area contributed by atoms with Crippen LogP contribution in [0.5, 0.6) is 0 Å². The van der Waals surface area contributed by atoms with Gasteiger partial charge in [-0.2, -0.15) is 0 Å². The number of aromatic nitrogens is 1. The van der Waals surface area contributed by atoms with Crippen LogP contribution >= 0.6 is 23.1 Å². The van der Waals surface area contributed by atoms with Gasteiger partial charge in [-0.25, -0.2) is 4.98 Å². The van der Waals surface area contributed by atoms with E-state index in [-0.39, 0.29) is 5.92 Å². The second-order valence-corrected chi connectivity index (χ2v) is 5.13. The van der Waals surface area contributed by atoms with Crippen LogP contribution in [0.2, 0.25) is 0 Å². The number of rotatable bonds is 5. The van der Waals surface area contributed by atoms with Gasteiger partial charge in [-0.3, -0.25) is 4.79 Å². The molecule has 1 aromatic heterocycles. The second-order valence-electron chi connectivity index (χ2n) is 3.01. The fraction of sp³-hybridized carbons (Fsp3) is 0.556. The van der Waals surface area contributed by atoms with E-state index in [0.717, 1.165) is 16.5 Å². The Morgan fingerprint density at radius 3 is 3.00 bits per heavy atom. The van der Waals surface area contributed by atoms with Crippen LogP contribution in [0.25, 0.3) is 0 Å². The van der Waals surface area contributed by atoms with Crippen LogP contribution in [-0.2, 0) is 11.2 Å².